The van der Waals surface area contributed by atoms with Crippen LogP contribution >= 0.6 is 15.9 Å². The van der Waals surface area contributed by atoms with Crippen molar-refractivity contribution < 1.29 is 4.74 Å². The molecule has 0 amide bonds. The lowest BCUT2D eigenvalue weighted by molar-refractivity contribution is 0.393. The van der Waals surface area contributed by atoms with Crippen LogP contribution in [0.3, 0.4) is 0 Å². The van der Waals surface area contributed by atoms with Gasteiger partial charge in [-0.15, -0.1) is 0 Å². The van der Waals surface area contributed by atoms with Crippen LogP contribution in [0, 0.1) is 0 Å². The molecule has 0 saturated heterocycles. The van der Waals surface area contributed by atoms with Gasteiger partial charge in [0.25, 0.3) is 0 Å². The molecule has 1 aliphatic carbocycles. The average Bonchev–Trinajstić information content (AvgIpc) is 2.91. The molecule has 0 spiro atoms. The monoisotopic (exact) mass is 243 g/mol. The molecule has 1 aromatic rings. The molecule has 1 fully saturated rings. The molecule has 1 heterocycles. The van der Waals surface area contributed by atoms with Gasteiger partial charge in [-0.3, -0.25) is 0 Å². The summed E-state index contributed by atoms with van der Waals surface area (Å²) in [6.45, 7) is 0. The summed E-state index contributed by atoms with van der Waals surface area (Å²) in [6, 6.07) is 0. The minimum absolute atomic E-state index is 0.280. The summed E-state index contributed by atoms with van der Waals surface area (Å²) in [7, 11) is 1.57. The number of anilines is 1. The van der Waals surface area contributed by atoms with Crippen molar-refractivity contribution >= 4 is 21.9 Å². The number of aromatic nitrogens is 2. The lowest BCUT2D eigenvalue weighted by Gasteiger charge is -2.06. The highest BCUT2D eigenvalue weighted by Gasteiger charge is 2.29. The van der Waals surface area contributed by atoms with Crippen LogP contribution in [0.15, 0.2) is 4.47 Å². The maximum absolute atomic E-state index is 5.55. The molecule has 0 aromatic carbocycles. The van der Waals surface area contributed by atoms with Gasteiger partial charge in [-0.1, -0.05) is 0 Å². The van der Waals surface area contributed by atoms with Gasteiger partial charge in [0.1, 0.15) is 4.47 Å². The minimum atomic E-state index is 0.280. The Labute approximate surface area is 84.6 Å². The number of ether oxygens (including phenoxy) is 1. The summed E-state index contributed by atoms with van der Waals surface area (Å²) in [5.74, 6) is 1.34. The molecule has 0 unspecified atom stereocenters. The molecule has 0 bridgehead atoms. The number of nitrogen functional groups attached to an aromatic ring is 1. The first-order valence-corrected chi connectivity index (χ1v) is 4.88. The van der Waals surface area contributed by atoms with E-state index in [4.69, 9.17) is 10.5 Å². The summed E-state index contributed by atoms with van der Waals surface area (Å²) in [5.41, 5.74) is 6.52. The van der Waals surface area contributed by atoms with Crippen LogP contribution in [0.5, 0.6) is 5.88 Å². The van der Waals surface area contributed by atoms with Gasteiger partial charge in [-0.25, -0.2) is 4.98 Å². The van der Waals surface area contributed by atoms with E-state index in [1.807, 2.05) is 0 Å². The Morgan fingerprint density at radius 1 is 1.46 bits per heavy atom. The zero-order valence-corrected chi connectivity index (χ0v) is 8.84. The van der Waals surface area contributed by atoms with Crippen molar-refractivity contribution in [3.8, 4) is 5.88 Å². The zero-order chi connectivity index (χ0) is 9.42. The fourth-order valence-corrected chi connectivity index (χ4v) is 1.89. The third-order valence-electron chi connectivity index (χ3n) is 2.02. The van der Waals surface area contributed by atoms with Crippen LogP contribution in [-0.4, -0.2) is 17.1 Å². The highest BCUT2D eigenvalue weighted by Crippen LogP contribution is 2.44. The van der Waals surface area contributed by atoms with Crippen molar-refractivity contribution in [3.05, 3.63) is 10.2 Å². The van der Waals surface area contributed by atoms with Crippen molar-refractivity contribution in [2.75, 3.05) is 12.8 Å². The zero-order valence-electron chi connectivity index (χ0n) is 7.25. The summed E-state index contributed by atoms with van der Waals surface area (Å²) in [5, 5.41) is 0. The second kappa shape index (κ2) is 3.14. The molecule has 2 N–H and O–H groups in total. The molecule has 70 valence electrons. The van der Waals surface area contributed by atoms with Gasteiger partial charge in [0.15, 0.2) is 0 Å². The average molecular weight is 244 g/mol. The summed E-state index contributed by atoms with van der Waals surface area (Å²) in [6.07, 6.45) is 2.36. The Morgan fingerprint density at radius 3 is 2.69 bits per heavy atom. The van der Waals surface area contributed by atoms with Crippen LogP contribution in [0.1, 0.15) is 24.5 Å². The molecular weight excluding hydrogens is 234 g/mol. The quantitative estimate of drug-likeness (QED) is 0.860. The molecule has 1 saturated carbocycles. The van der Waals surface area contributed by atoms with Gasteiger partial charge in [0, 0.05) is 5.92 Å². The Balaban J connectivity index is 2.47. The third-order valence-corrected chi connectivity index (χ3v) is 2.77. The van der Waals surface area contributed by atoms with Gasteiger partial charge in [0.2, 0.25) is 11.8 Å². The van der Waals surface area contributed by atoms with E-state index in [9.17, 15) is 0 Å². The van der Waals surface area contributed by atoms with Crippen LogP contribution in [-0.2, 0) is 0 Å². The van der Waals surface area contributed by atoms with Crippen molar-refractivity contribution in [2.45, 2.75) is 18.8 Å². The van der Waals surface area contributed by atoms with Crippen LogP contribution in [0.4, 0.5) is 5.95 Å². The predicted octanol–water partition coefficient (Wildman–Crippen LogP) is 1.71. The molecule has 1 aliphatic rings. The summed E-state index contributed by atoms with van der Waals surface area (Å²) >= 11 is 3.41. The van der Waals surface area contributed by atoms with Crippen molar-refractivity contribution in [1.29, 1.82) is 0 Å². The molecule has 0 aliphatic heterocycles. The van der Waals surface area contributed by atoms with E-state index in [1.165, 1.54) is 12.8 Å². The number of hydrogen-bond donors (Lipinski definition) is 1. The Bertz CT molecular complexity index is 338. The van der Waals surface area contributed by atoms with E-state index in [0.717, 1.165) is 10.2 Å². The van der Waals surface area contributed by atoms with Crippen LogP contribution in [0.2, 0.25) is 0 Å². The predicted molar refractivity (Wildman–Crippen MR) is 52.7 cm³/mol. The fraction of sp³-hybridized carbons (Fsp3) is 0.500. The first-order valence-electron chi connectivity index (χ1n) is 4.09. The number of nitrogens with two attached hydrogens (primary N) is 1. The van der Waals surface area contributed by atoms with E-state index in [-0.39, 0.29) is 5.95 Å². The molecule has 5 heteroatoms. The lowest BCUT2D eigenvalue weighted by Crippen LogP contribution is -2.02. The standard InChI is InChI=1S/C8H10BrN3O/c1-13-7-5(9)6(4-2-3-4)11-8(10)12-7/h4H,2-3H2,1H3,(H2,10,11,12). The van der Waals surface area contributed by atoms with Gasteiger partial charge in [0.05, 0.1) is 12.8 Å². The molecule has 1 aromatic heterocycles. The highest BCUT2D eigenvalue weighted by molar-refractivity contribution is 9.10. The van der Waals surface area contributed by atoms with Gasteiger partial charge >= 0.3 is 0 Å². The second-order valence-corrected chi connectivity index (χ2v) is 3.86. The SMILES string of the molecule is COc1nc(N)nc(C2CC2)c1Br. The number of nitrogens with zero attached hydrogens (tertiary/aromatic N) is 2. The number of hydrogen-bond acceptors (Lipinski definition) is 4. The van der Waals surface area contributed by atoms with Gasteiger partial charge in [-0.05, 0) is 28.8 Å². The maximum Gasteiger partial charge on any atom is 0.232 e. The molecule has 2 rings (SSSR count). The Morgan fingerprint density at radius 2 is 2.15 bits per heavy atom. The second-order valence-electron chi connectivity index (χ2n) is 3.06. The number of halogens is 1. The molecular formula is C8H10BrN3O. The minimum Gasteiger partial charge on any atom is -0.480 e. The molecule has 0 atom stereocenters. The van der Waals surface area contributed by atoms with Gasteiger partial charge < -0.3 is 10.5 Å². The first-order chi connectivity index (χ1) is 6.22. The Hall–Kier alpha value is -0.840. The number of methoxy groups -OCH3 is 1. The van der Waals surface area contributed by atoms with Gasteiger partial charge in [-0.2, -0.15) is 4.98 Å². The lowest BCUT2D eigenvalue weighted by atomic mass is 10.3. The van der Waals surface area contributed by atoms with E-state index in [2.05, 4.69) is 25.9 Å². The van der Waals surface area contributed by atoms with E-state index >= 15 is 0 Å². The highest BCUT2D eigenvalue weighted by atomic mass is 79.9. The smallest absolute Gasteiger partial charge is 0.232 e. The van der Waals surface area contributed by atoms with E-state index in [0.29, 0.717) is 11.8 Å². The Kier molecular flexibility index (Phi) is 2.11. The third kappa shape index (κ3) is 1.60. The summed E-state index contributed by atoms with van der Waals surface area (Å²) in [4.78, 5) is 8.14. The van der Waals surface area contributed by atoms with Crippen molar-refractivity contribution in [1.82, 2.24) is 9.97 Å². The van der Waals surface area contributed by atoms with Crippen molar-refractivity contribution in [2.24, 2.45) is 0 Å². The molecule has 0 radical (unpaired) electrons. The number of rotatable bonds is 2. The van der Waals surface area contributed by atoms with Crippen molar-refractivity contribution in [3.63, 3.8) is 0 Å². The van der Waals surface area contributed by atoms with E-state index in [1.54, 1.807) is 7.11 Å². The first kappa shape index (κ1) is 8.74. The van der Waals surface area contributed by atoms with Crippen LogP contribution in [0.25, 0.3) is 0 Å². The fourth-order valence-electron chi connectivity index (χ4n) is 1.22. The molecule has 13 heavy (non-hydrogen) atoms. The largest absolute Gasteiger partial charge is 0.480 e. The summed E-state index contributed by atoms with van der Waals surface area (Å²) < 4.78 is 5.91. The topological polar surface area (TPSA) is 61.0 Å². The van der Waals surface area contributed by atoms with Crippen LogP contribution < -0.4 is 10.5 Å². The normalized spacial score (nSPS) is 15.8. The molecule has 4 nitrogen and oxygen atoms in total. The maximum atomic E-state index is 5.55. The van der Waals surface area contributed by atoms with E-state index < -0.39 is 0 Å².